The first-order valence-corrected chi connectivity index (χ1v) is 20.9. The van der Waals surface area contributed by atoms with Gasteiger partial charge in [0.2, 0.25) is 0 Å². The standard InChI is InChI=1S/C46H60N4O11/c1-22(2)21-50-18-16-46(17-19-50)48-34-31-32-39(54)28(8)42-33(31)43(56)45(10,61-42)59-20-15-30(58-11)25(5)41(60-29(9)51)27(7)38(53)26(6)37(52)23(3)13-12-14-24(4)44(57)47-36(40(32)55)35(34)49-46/h12-15,20,22,25-27,30,37-38,41,52-55H,3,16-19,21H2,1-2,4-11H3,(H,47,57)/b13-12+,20-15+,24-14-/t25-,26-,27-,30+,37+,38-,41-,45+/m1/s1. The van der Waals surface area contributed by atoms with Crippen molar-refractivity contribution in [1.82, 2.24) is 4.90 Å². The number of methoxy groups -OCH3 is 1. The Morgan fingerprint density at radius 1 is 1.03 bits per heavy atom. The molecule has 8 atom stereocenters. The predicted octanol–water partition coefficient (Wildman–Crippen LogP) is 4.67. The molecule has 0 aliphatic carbocycles. The number of nitrogens with zero attached hydrogens (tertiary/aromatic N) is 3. The van der Waals surface area contributed by atoms with Crippen LogP contribution in [0.3, 0.4) is 0 Å². The highest BCUT2D eigenvalue weighted by Crippen LogP contribution is 2.50. The van der Waals surface area contributed by atoms with Crippen LogP contribution < -0.4 is 20.8 Å². The number of hydrogen-bond acceptors (Lipinski definition) is 14. The summed E-state index contributed by atoms with van der Waals surface area (Å²) >= 11 is 0. The maximum atomic E-state index is 14.7. The highest BCUT2D eigenvalue weighted by atomic mass is 16.7. The Bertz CT molecular complexity index is 2340. The Morgan fingerprint density at radius 3 is 2.31 bits per heavy atom. The number of amides is 1. The molecule has 1 amide bonds. The van der Waals surface area contributed by atoms with Gasteiger partial charge >= 0.3 is 11.8 Å². The number of ketones is 1. The van der Waals surface area contributed by atoms with Gasteiger partial charge in [-0.1, -0.05) is 59.4 Å². The molecule has 0 saturated carbocycles. The van der Waals surface area contributed by atoms with Crippen LogP contribution in [0.1, 0.15) is 84.2 Å². The zero-order valence-corrected chi connectivity index (χ0v) is 36.7. The molecule has 2 aromatic carbocycles. The number of aromatic hydroxyl groups is 2. The molecule has 15 nitrogen and oxygen atoms in total. The SMILES string of the molecule is C=C1/C=C/C=C(/C)C(=O)Nc2c(O)c3c(O)c(C)c4c(c3c3c2=NC2(CCN(CC(C)C)CC2)N=3)C(=O)[C@@](C)(O/C=C/[C@H](OC)[C@@H](C)[C@@H](OC(C)=O)[C@H](C)[C@H](O)[C@H](C)[C@H]1O)O4. The van der Waals surface area contributed by atoms with Gasteiger partial charge in [0, 0.05) is 87.7 Å². The Morgan fingerprint density at radius 2 is 1.69 bits per heavy atom. The molecule has 15 heteroatoms. The molecule has 1 saturated heterocycles. The number of anilines is 1. The van der Waals surface area contributed by atoms with E-state index in [9.17, 15) is 34.8 Å². The number of rotatable bonds is 4. The fraction of sp³-hybridized carbons (Fsp3) is 0.543. The van der Waals surface area contributed by atoms with Crippen molar-refractivity contribution < 1.29 is 53.8 Å². The monoisotopic (exact) mass is 844 g/mol. The smallest absolute Gasteiger partial charge is 0.312 e. The van der Waals surface area contributed by atoms with Crippen molar-refractivity contribution in [3.05, 3.63) is 70.1 Å². The molecule has 5 aliphatic heterocycles. The van der Waals surface area contributed by atoms with E-state index < -0.39 is 77.0 Å². The minimum Gasteiger partial charge on any atom is -0.507 e. The lowest BCUT2D eigenvalue weighted by Gasteiger charge is -2.37. The number of allylic oxidation sites excluding steroid dienone is 2. The van der Waals surface area contributed by atoms with Crippen LogP contribution in [-0.4, -0.2) is 106 Å². The molecule has 1 spiro atoms. The van der Waals surface area contributed by atoms with E-state index in [2.05, 4.69) is 30.6 Å². The Hall–Kier alpha value is -5.09. The van der Waals surface area contributed by atoms with Crippen molar-refractivity contribution in [2.45, 2.75) is 111 Å². The molecule has 2 aromatic rings. The molecule has 5 bridgehead atoms. The van der Waals surface area contributed by atoms with Crippen molar-refractivity contribution >= 4 is 34.1 Å². The van der Waals surface area contributed by atoms with Crippen LogP contribution in [0.25, 0.3) is 10.8 Å². The molecular formula is C46H60N4O11. The number of hydrogen-bond donors (Lipinski definition) is 5. The molecule has 7 rings (SSSR count). The topological polar surface area (TPSA) is 209 Å². The number of aliphatic hydroxyl groups excluding tert-OH is 2. The van der Waals surface area contributed by atoms with E-state index in [1.807, 2.05) is 0 Å². The summed E-state index contributed by atoms with van der Waals surface area (Å²) < 4.78 is 23.9. The van der Waals surface area contributed by atoms with Crippen molar-refractivity contribution in [1.29, 1.82) is 0 Å². The zero-order valence-electron chi connectivity index (χ0n) is 36.7. The van der Waals surface area contributed by atoms with Gasteiger partial charge in [-0.2, -0.15) is 0 Å². The molecule has 0 aromatic heterocycles. The van der Waals surface area contributed by atoms with Gasteiger partial charge in [-0.25, -0.2) is 0 Å². The van der Waals surface area contributed by atoms with E-state index in [0.29, 0.717) is 31.8 Å². The number of carbonyl (C=O) groups is 3. The van der Waals surface area contributed by atoms with Crippen LogP contribution in [0, 0.1) is 30.6 Å². The number of phenolic OH excluding ortho intramolecular Hbond substituents is 2. The van der Waals surface area contributed by atoms with E-state index in [4.69, 9.17) is 28.9 Å². The third-order valence-corrected chi connectivity index (χ3v) is 12.6. The van der Waals surface area contributed by atoms with E-state index in [0.717, 1.165) is 6.54 Å². The second-order valence-corrected chi connectivity index (χ2v) is 17.6. The Kier molecular flexibility index (Phi) is 12.9. The van der Waals surface area contributed by atoms with Gasteiger partial charge in [-0.05, 0) is 31.4 Å². The summed E-state index contributed by atoms with van der Waals surface area (Å²) in [7, 11) is 1.46. The summed E-state index contributed by atoms with van der Waals surface area (Å²) in [5, 5.41) is 49.9. The third kappa shape index (κ3) is 8.45. The van der Waals surface area contributed by atoms with Crippen LogP contribution in [0.5, 0.6) is 17.2 Å². The number of Topliss-reactive ketones (excluding diaryl/α,β-unsaturated/α-hetero) is 1. The number of fused-ring (bicyclic) bond motifs is 13. The van der Waals surface area contributed by atoms with Crippen LogP contribution in [-0.2, 0) is 23.8 Å². The fourth-order valence-corrected chi connectivity index (χ4v) is 8.97. The fourth-order valence-electron chi connectivity index (χ4n) is 8.97. The number of ether oxygens (including phenoxy) is 4. The minimum atomic E-state index is -1.97. The maximum Gasteiger partial charge on any atom is 0.312 e. The Balaban J connectivity index is 1.54. The van der Waals surface area contributed by atoms with Crippen molar-refractivity contribution in [2.24, 2.45) is 33.7 Å². The van der Waals surface area contributed by atoms with Gasteiger partial charge in [0.05, 0.1) is 40.9 Å². The van der Waals surface area contributed by atoms with Gasteiger partial charge < -0.3 is 49.6 Å². The molecule has 5 heterocycles. The lowest BCUT2D eigenvalue weighted by Crippen LogP contribution is -2.46. The normalized spacial score (nSPS) is 31.5. The van der Waals surface area contributed by atoms with E-state index in [1.165, 1.54) is 51.5 Å². The second-order valence-electron chi connectivity index (χ2n) is 17.6. The number of phenols is 2. The number of carbonyl (C=O) groups excluding carboxylic acids is 3. The highest BCUT2D eigenvalue weighted by molar-refractivity contribution is 6.19. The first-order valence-electron chi connectivity index (χ1n) is 20.9. The van der Waals surface area contributed by atoms with E-state index >= 15 is 0 Å². The maximum absolute atomic E-state index is 14.7. The first kappa shape index (κ1) is 45.4. The molecule has 0 unspecified atom stereocenters. The molecular weight excluding hydrogens is 785 g/mol. The van der Waals surface area contributed by atoms with Crippen molar-refractivity contribution in [2.75, 3.05) is 32.1 Å². The van der Waals surface area contributed by atoms with Gasteiger partial charge in [0.15, 0.2) is 11.4 Å². The molecule has 61 heavy (non-hydrogen) atoms. The zero-order chi connectivity index (χ0) is 44.9. The number of benzene rings is 2. The quantitative estimate of drug-likeness (QED) is 0.210. The van der Waals surface area contributed by atoms with E-state index in [-0.39, 0.29) is 60.9 Å². The lowest BCUT2D eigenvalue weighted by molar-refractivity contribution is -0.160. The largest absolute Gasteiger partial charge is 0.507 e. The first-order chi connectivity index (χ1) is 28.6. The van der Waals surface area contributed by atoms with Crippen molar-refractivity contribution in [3.63, 3.8) is 0 Å². The summed E-state index contributed by atoms with van der Waals surface area (Å²) in [6.45, 7) is 21.5. The molecule has 5 aliphatic rings. The molecule has 1 fully saturated rings. The number of likely N-dealkylation sites (tertiary alicyclic amines) is 1. The van der Waals surface area contributed by atoms with E-state index in [1.54, 1.807) is 34.6 Å². The van der Waals surface area contributed by atoms with Crippen LogP contribution in [0.15, 0.2) is 58.3 Å². The molecule has 5 N–H and O–H groups in total. The third-order valence-electron chi connectivity index (χ3n) is 12.6. The van der Waals surface area contributed by atoms with Crippen LogP contribution in [0.2, 0.25) is 0 Å². The van der Waals surface area contributed by atoms with Crippen molar-refractivity contribution in [3.8, 4) is 17.2 Å². The number of nitrogens with one attached hydrogen (secondary N) is 1. The minimum absolute atomic E-state index is 0.0282. The summed E-state index contributed by atoms with van der Waals surface area (Å²) in [6.07, 6.45) is 4.34. The molecule has 0 radical (unpaired) electrons. The number of esters is 1. The summed E-state index contributed by atoms with van der Waals surface area (Å²) in [6, 6.07) is 0. The average molecular weight is 845 g/mol. The van der Waals surface area contributed by atoms with Crippen LogP contribution >= 0.6 is 0 Å². The summed E-state index contributed by atoms with van der Waals surface area (Å²) in [4.78, 5) is 53.6. The number of aliphatic hydroxyl groups is 2. The highest BCUT2D eigenvalue weighted by Gasteiger charge is 2.50. The summed E-state index contributed by atoms with van der Waals surface area (Å²) in [5.41, 5.74) is -0.401. The van der Waals surface area contributed by atoms with Gasteiger partial charge in [0.1, 0.15) is 28.6 Å². The molecule has 330 valence electrons. The predicted molar refractivity (Wildman–Crippen MR) is 228 cm³/mol. The second kappa shape index (κ2) is 17.3. The number of piperidine rings is 1. The van der Waals surface area contributed by atoms with Gasteiger partial charge in [-0.3, -0.25) is 24.4 Å². The average Bonchev–Trinajstić information content (AvgIpc) is 3.71. The summed E-state index contributed by atoms with van der Waals surface area (Å²) in [5.74, 6) is -6.23. The van der Waals surface area contributed by atoms with Gasteiger partial charge in [-0.15, -0.1) is 0 Å². The lowest BCUT2D eigenvalue weighted by atomic mass is 9.79. The Labute approximate surface area is 356 Å². The van der Waals surface area contributed by atoms with Crippen LogP contribution in [0.4, 0.5) is 5.69 Å². The van der Waals surface area contributed by atoms with Gasteiger partial charge in [0.25, 0.3) is 11.7 Å².